The van der Waals surface area contributed by atoms with Crippen molar-refractivity contribution in [3.63, 3.8) is 0 Å². The molecule has 0 radical (unpaired) electrons. The van der Waals surface area contributed by atoms with Crippen molar-refractivity contribution in [3.8, 4) is 11.5 Å². The molecule has 0 aromatic heterocycles. The molecular weight excluding hydrogens is 275 g/mol. The van der Waals surface area contributed by atoms with Gasteiger partial charge in [0, 0.05) is 18.2 Å². The zero-order valence-electron chi connectivity index (χ0n) is 11.7. The minimum absolute atomic E-state index is 0.0361. The maximum Gasteiger partial charge on any atom is 0.276 e. The topological polar surface area (TPSA) is 78.4 Å². The molecule has 6 heteroatoms. The monoisotopic (exact) mass is 290 g/mol. The van der Waals surface area contributed by atoms with E-state index in [2.05, 4.69) is 0 Å². The predicted octanol–water partition coefficient (Wildman–Crippen LogP) is 3.60. The molecule has 0 saturated heterocycles. The van der Waals surface area contributed by atoms with E-state index < -0.39 is 10.7 Å². The van der Waals surface area contributed by atoms with Crippen molar-refractivity contribution in [1.29, 1.82) is 0 Å². The average Bonchev–Trinajstić information content (AvgIpc) is 2.40. The first kappa shape index (κ1) is 14.9. The highest BCUT2D eigenvalue weighted by Gasteiger charge is 2.15. The highest BCUT2D eigenvalue weighted by atomic mass is 19.1. The molecule has 5 nitrogen and oxygen atoms in total. The maximum absolute atomic E-state index is 13.4. The van der Waals surface area contributed by atoms with Gasteiger partial charge in [0.2, 0.25) is 0 Å². The van der Waals surface area contributed by atoms with Crippen LogP contribution in [0.25, 0.3) is 0 Å². The van der Waals surface area contributed by atoms with E-state index in [1.54, 1.807) is 26.0 Å². The zero-order chi connectivity index (χ0) is 15.6. The summed E-state index contributed by atoms with van der Waals surface area (Å²) in [5, 5.41) is 11.0. The highest BCUT2D eigenvalue weighted by Crippen LogP contribution is 2.32. The van der Waals surface area contributed by atoms with Gasteiger partial charge < -0.3 is 10.5 Å². The van der Waals surface area contributed by atoms with Crippen LogP contribution in [0.3, 0.4) is 0 Å². The van der Waals surface area contributed by atoms with Crippen LogP contribution in [-0.2, 0) is 6.54 Å². The molecule has 0 aliphatic carbocycles. The van der Waals surface area contributed by atoms with Crippen LogP contribution in [0.1, 0.15) is 16.7 Å². The van der Waals surface area contributed by atoms with Crippen LogP contribution < -0.4 is 10.5 Å². The molecule has 2 aromatic rings. The lowest BCUT2D eigenvalue weighted by atomic mass is 10.1. The minimum Gasteiger partial charge on any atom is -0.457 e. The van der Waals surface area contributed by atoms with Crippen molar-refractivity contribution in [2.24, 2.45) is 5.73 Å². The number of nitro benzene ring substituents is 1. The molecular formula is C15H15FN2O3. The van der Waals surface area contributed by atoms with E-state index in [-0.39, 0.29) is 18.0 Å². The Morgan fingerprint density at radius 1 is 1.19 bits per heavy atom. The number of nitrogens with zero attached hydrogens (tertiary/aromatic N) is 1. The first-order valence-corrected chi connectivity index (χ1v) is 6.33. The van der Waals surface area contributed by atoms with Gasteiger partial charge in [0.1, 0.15) is 17.3 Å². The largest absolute Gasteiger partial charge is 0.457 e. The van der Waals surface area contributed by atoms with Crippen molar-refractivity contribution < 1.29 is 14.1 Å². The third-order valence-electron chi connectivity index (χ3n) is 3.08. The highest BCUT2D eigenvalue weighted by molar-refractivity contribution is 5.51. The van der Waals surface area contributed by atoms with Gasteiger partial charge in [-0.15, -0.1) is 0 Å². The second-order valence-corrected chi connectivity index (χ2v) is 4.76. The smallest absolute Gasteiger partial charge is 0.276 e. The minimum atomic E-state index is -0.474. The lowest BCUT2D eigenvalue weighted by Gasteiger charge is -2.11. The second kappa shape index (κ2) is 5.88. The summed E-state index contributed by atoms with van der Waals surface area (Å²) in [5.41, 5.74) is 7.32. The molecule has 0 aliphatic rings. The summed E-state index contributed by atoms with van der Waals surface area (Å²) < 4.78 is 19.0. The molecule has 2 aromatic carbocycles. The molecule has 0 aliphatic heterocycles. The lowest BCUT2D eigenvalue weighted by molar-refractivity contribution is -0.385. The van der Waals surface area contributed by atoms with Gasteiger partial charge in [-0.05, 0) is 43.2 Å². The standard InChI is InChI=1S/C15H15FN2O3/c1-9-3-10(2)15(7-14(9)18(19)20)21-13-5-11(8-17)4-12(16)6-13/h3-7H,8,17H2,1-2H3. The van der Waals surface area contributed by atoms with E-state index in [4.69, 9.17) is 10.5 Å². The molecule has 21 heavy (non-hydrogen) atoms. The predicted molar refractivity (Wildman–Crippen MR) is 76.9 cm³/mol. The number of ether oxygens (including phenoxy) is 1. The average molecular weight is 290 g/mol. The number of halogens is 1. The third kappa shape index (κ3) is 3.35. The molecule has 0 spiro atoms. The Bertz CT molecular complexity index is 702. The van der Waals surface area contributed by atoms with Gasteiger partial charge in [0.25, 0.3) is 5.69 Å². The molecule has 2 N–H and O–H groups in total. The number of hydrogen-bond acceptors (Lipinski definition) is 4. The molecule has 0 unspecified atom stereocenters. The fraction of sp³-hybridized carbons (Fsp3) is 0.200. The Morgan fingerprint density at radius 2 is 1.90 bits per heavy atom. The summed E-state index contributed by atoms with van der Waals surface area (Å²) in [6, 6.07) is 7.14. The van der Waals surface area contributed by atoms with E-state index in [0.29, 0.717) is 16.9 Å². The molecule has 0 heterocycles. The van der Waals surface area contributed by atoms with E-state index in [1.165, 1.54) is 18.2 Å². The first-order valence-electron chi connectivity index (χ1n) is 6.33. The molecule has 0 atom stereocenters. The number of nitro groups is 1. The SMILES string of the molecule is Cc1cc(C)c([N+](=O)[O-])cc1Oc1cc(F)cc(CN)c1. The van der Waals surface area contributed by atoms with Gasteiger partial charge in [0.15, 0.2) is 0 Å². The van der Waals surface area contributed by atoms with Crippen LogP contribution in [0.2, 0.25) is 0 Å². The number of aryl methyl sites for hydroxylation is 2. The molecule has 0 fully saturated rings. The van der Waals surface area contributed by atoms with Crippen molar-refractivity contribution in [3.05, 3.63) is 63.0 Å². The fourth-order valence-electron chi connectivity index (χ4n) is 2.05. The normalized spacial score (nSPS) is 10.5. The van der Waals surface area contributed by atoms with Gasteiger partial charge in [-0.25, -0.2) is 4.39 Å². The first-order chi connectivity index (χ1) is 9.90. The summed E-state index contributed by atoms with van der Waals surface area (Å²) in [5.74, 6) is 0.116. The van der Waals surface area contributed by atoms with Crippen molar-refractivity contribution >= 4 is 5.69 Å². The molecule has 0 saturated carbocycles. The number of nitrogens with two attached hydrogens (primary N) is 1. The number of hydrogen-bond donors (Lipinski definition) is 1. The van der Waals surface area contributed by atoms with Crippen LogP contribution in [0.15, 0.2) is 30.3 Å². The van der Waals surface area contributed by atoms with Gasteiger partial charge >= 0.3 is 0 Å². The molecule has 2 rings (SSSR count). The van der Waals surface area contributed by atoms with Crippen LogP contribution in [0, 0.1) is 29.8 Å². The Morgan fingerprint density at radius 3 is 2.52 bits per heavy atom. The van der Waals surface area contributed by atoms with Crippen molar-refractivity contribution in [2.75, 3.05) is 0 Å². The molecule has 0 bridgehead atoms. The van der Waals surface area contributed by atoms with Gasteiger partial charge in [0.05, 0.1) is 11.0 Å². The summed E-state index contributed by atoms with van der Waals surface area (Å²) in [7, 11) is 0. The summed E-state index contributed by atoms with van der Waals surface area (Å²) in [6.45, 7) is 3.61. The van der Waals surface area contributed by atoms with E-state index in [1.807, 2.05) is 0 Å². The maximum atomic E-state index is 13.4. The van der Waals surface area contributed by atoms with Gasteiger partial charge in [-0.1, -0.05) is 0 Å². The number of benzene rings is 2. The molecule has 0 amide bonds. The Balaban J connectivity index is 2.41. The van der Waals surface area contributed by atoms with Crippen LogP contribution >= 0.6 is 0 Å². The van der Waals surface area contributed by atoms with E-state index >= 15 is 0 Å². The Labute approximate surface area is 121 Å². The zero-order valence-corrected chi connectivity index (χ0v) is 11.7. The molecule has 110 valence electrons. The van der Waals surface area contributed by atoms with Crippen LogP contribution in [-0.4, -0.2) is 4.92 Å². The third-order valence-corrected chi connectivity index (χ3v) is 3.08. The lowest BCUT2D eigenvalue weighted by Crippen LogP contribution is -1.99. The van der Waals surface area contributed by atoms with Crippen LogP contribution in [0.4, 0.5) is 10.1 Å². The summed E-state index contributed by atoms with van der Waals surface area (Å²) in [6.07, 6.45) is 0. The second-order valence-electron chi connectivity index (χ2n) is 4.76. The van der Waals surface area contributed by atoms with Crippen LogP contribution in [0.5, 0.6) is 11.5 Å². The number of rotatable bonds is 4. The quantitative estimate of drug-likeness (QED) is 0.689. The van der Waals surface area contributed by atoms with E-state index in [0.717, 1.165) is 5.56 Å². The van der Waals surface area contributed by atoms with Gasteiger partial charge in [-0.2, -0.15) is 0 Å². The van der Waals surface area contributed by atoms with E-state index in [9.17, 15) is 14.5 Å². The van der Waals surface area contributed by atoms with Crippen molar-refractivity contribution in [1.82, 2.24) is 0 Å². The summed E-state index contributed by atoms with van der Waals surface area (Å²) >= 11 is 0. The summed E-state index contributed by atoms with van der Waals surface area (Å²) in [4.78, 5) is 10.5. The Kier molecular flexibility index (Phi) is 4.18. The van der Waals surface area contributed by atoms with Crippen molar-refractivity contribution in [2.45, 2.75) is 20.4 Å². The fourth-order valence-corrected chi connectivity index (χ4v) is 2.05. The Hall–Kier alpha value is -2.47. The van der Waals surface area contributed by atoms with Gasteiger partial charge in [-0.3, -0.25) is 10.1 Å².